The first-order valence-electron chi connectivity index (χ1n) is 23.1. The van der Waals surface area contributed by atoms with Gasteiger partial charge in [-0.05, 0) is 25.7 Å². The summed E-state index contributed by atoms with van der Waals surface area (Å²) in [7, 11) is 3.27. The second-order valence-corrected chi connectivity index (χ2v) is 20.9. The Hall–Kier alpha value is -0.616. The normalized spacial score (nSPS) is 13.2. The molecule has 0 aliphatic heterocycles. The molecule has 0 heterocycles. The quantitative estimate of drug-likeness (QED) is 0.0617. The van der Waals surface area contributed by atoms with Crippen LogP contribution in [-0.4, -0.2) is 225 Å². The molecule has 2 atom stereocenters. The zero-order valence-corrected chi connectivity index (χ0v) is 43.0. The van der Waals surface area contributed by atoms with Gasteiger partial charge in [-0.2, -0.15) is 0 Å². The third kappa shape index (κ3) is 35.5. The summed E-state index contributed by atoms with van der Waals surface area (Å²) in [5, 5.41) is 0. The minimum atomic E-state index is -3.27. The Kier molecular flexibility index (Phi) is 47.0. The van der Waals surface area contributed by atoms with Gasteiger partial charge in [-0.25, -0.2) is 0 Å². The first-order valence-corrected chi connectivity index (χ1v) is 26.7. The maximum absolute atomic E-state index is 13.2. The van der Waals surface area contributed by atoms with Crippen molar-refractivity contribution in [3.63, 3.8) is 0 Å². The number of Topliss-reactive ketones (excluding diaryl/α,β-unsaturated/α-hetero) is 1. The van der Waals surface area contributed by atoms with E-state index in [0.29, 0.717) is 171 Å². The van der Waals surface area contributed by atoms with Gasteiger partial charge in [0.05, 0.1) is 159 Å². The van der Waals surface area contributed by atoms with Crippen molar-refractivity contribution in [1.82, 2.24) is 0 Å². The second kappa shape index (κ2) is 47.4. The number of ether oxygens (including phenoxy) is 12. The summed E-state index contributed by atoms with van der Waals surface area (Å²) in [6, 6.07) is 0. The van der Waals surface area contributed by atoms with Crippen LogP contribution < -0.4 is 0 Å². The van der Waals surface area contributed by atoms with E-state index in [1.54, 1.807) is 42.7 Å². The summed E-state index contributed by atoms with van der Waals surface area (Å²) in [5.41, 5.74) is -0.106. The Bertz CT molecular complexity index is 825. The van der Waals surface area contributed by atoms with Crippen LogP contribution in [0.15, 0.2) is 0 Å². The topological polar surface area (TPSA) is 183 Å². The average Bonchev–Trinajstić information content (AvgIpc) is 3.30. The number of carbonyl (C=O) groups excluding carboxylic acids is 1. The number of hydrogen-bond acceptors (Lipinski definition) is 19. The lowest BCUT2D eigenvalue weighted by atomic mass is 10.0. The number of hydrogen-bond donors (Lipinski definition) is 0. The standard InChI is InChI=1S/C43H90O19Si2/c1-41(63(57-35-29-51-23-17-45-3,58-36-30-52-24-18-46-4)59-37-31-53-25-19-47-5)13-9-11-15-43(44)16-12-10-14-42(2)64(60-38-32-54-26-20-48-6,61-39-33-55-27-21-49-7)62-40-34-56-28-22-50-8/h41-42H,9-40H2,1-8H3. The van der Waals surface area contributed by atoms with Crippen LogP contribution in [0.4, 0.5) is 0 Å². The van der Waals surface area contributed by atoms with Gasteiger partial charge >= 0.3 is 17.6 Å². The predicted octanol–water partition coefficient (Wildman–Crippen LogP) is 4.41. The van der Waals surface area contributed by atoms with E-state index in [0.717, 1.165) is 38.5 Å². The molecule has 2 unspecified atom stereocenters. The highest BCUT2D eigenvalue weighted by Gasteiger charge is 2.48. The lowest BCUT2D eigenvalue weighted by molar-refractivity contribution is -0.119. The van der Waals surface area contributed by atoms with Gasteiger partial charge in [0, 0.05) is 66.6 Å². The van der Waals surface area contributed by atoms with Crippen LogP contribution in [0.5, 0.6) is 0 Å². The van der Waals surface area contributed by atoms with Crippen molar-refractivity contribution in [2.24, 2.45) is 0 Å². The van der Waals surface area contributed by atoms with Gasteiger partial charge in [0.25, 0.3) is 0 Å². The van der Waals surface area contributed by atoms with Crippen LogP contribution >= 0.6 is 0 Å². The molecule has 0 aromatic rings. The van der Waals surface area contributed by atoms with Crippen molar-refractivity contribution in [3.05, 3.63) is 0 Å². The highest BCUT2D eigenvalue weighted by Crippen LogP contribution is 2.32. The Balaban J connectivity index is 5.45. The molecule has 0 rings (SSSR count). The minimum absolute atomic E-state index is 0.0529. The van der Waals surface area contributed by atoms with Gasteiger partial charge in [0.1, 0.15) is 5.78 Å². The highest BCUT2D eigenvalue weighted by molar-refractivity contribution is 6.62. The van der Waals surface area contributed by atoms with Crippen molar-refractivity contribution in [3.8, 4) is 0 Å². The maximum Gasteiger partial charge on any atom is 0.504 e. The number of carbonyl (C=O) groups is 1. The maximum atomic E-state index is 13.2. The third-order valence-electron chi connectivity index (χ3n) is 9.67. The van der Waals surface area contributed by atoms with Crippen LogP contribution in [0.3, 0.4) is 0 Å². The smallest absolute Gasteiger partial charge is 0.382 e. The monoisotopic (exact) mass is 967 g/mol. The first kappa shape index (κ1) is 63.4. The summed E-state index contributed by atoms with van der Waals surface area (Å²) in [6.45, 7) is 13.9. The van der Waals surface area contributed by atoms with Crippen LogP contribution in [0, 0.1) is 0 Å². The van der Waals surface area contributed by atoms with Crippen LogP contribution in [-0.2, 0) is 88.2 Å². The van der Waals surface area contributed by atoms with Crippen molar-refractivity contribution >= 4 is 23.4 Å². The molecule has 0 fully saturated rings. The molecule has 0 aliphatic rings. The predicted molar refractivity (Wildman–Crippen MR) is 244 cm³/mol. The number of ketones is 1. The fraction of sp³-hybridized carbons (Fsp3) is 0.977. The molecular formula is C43H90O19Si2. The third-order valence-corrected chi connectivity index (χ3v) is 16.3. The van der Waals surface area contributed by atoms with E-state index in [1.165, 1.54) is 0 Å². The summed E-state index contributed by atoms with van der Waals surface area (Å²) in [5.74, 6) is 0.240. The fourth-order valence-corrected chi connectivity index (χ4v) is 11.6. The highest BCUT2D eigenvalue weighted by atomic mass is 28.4. The Labute approximate surface area is 388 Å². The zero-order valence-electron chi connectivity index (χ0n) is 41.0. The lowest BCUT2D eigenvalue weighted by Gasteiger charge is -2.34. The van der Waals surface area contributed by atoms with E-state index >= 15 is 0 Å². The molecule has 64 heavy (non-hydrogen) atoms. The summed E-state index contributed by atoms with van der Waals surface area (Å²) in [4.78, 5) is 13.2. The van der Waals surface area contributed by atoms with E-state index in [4.69, 9.17) is 83.4 Å². The molecule has 19 nitrogen and oxygen atoms in total. The SMILES string of the molecule is COCCOCCO[Si](OCCOCCOC)(OCCOCCOC)C(C)CCCCC(=O)CCCCC(C)[Si](OCCOCCOC)(OCCOCCOC)OCCOCCOC. The van der Waals surface area contributed by atoms with E-state index in [2.05, 4.69) is 13.8 Å². The molecule has 0 amide bonds. The number of rotatable bonds is 54. The molecule has 0 aromatic carbocycles. The largest absolute Gasteiger partial charge is 0.504 e. The van der Waals surface area contributed by atoms with E-state index < -0.39 is 17.6 Å². The Morgan fingerprint density at radius 1 is 0.312 bits per heavy atom. The van der Waals surface area contributed by atoms with E-state index in [-0.39, 0.29) is 16.9 Å². The molecule has 0 saturated heterocycles. The molecule has 0 saturated carbocycles. The molecular weight excluding hydrogens is 877 g/mol. The molecule has 0 radical (unpaired) electrons. The summed E-state index contributed by atoms with van der Waals surface area (Å²) in [6.07, 6.45) is 5.64. The molecule has 0 N–H and O–H groups in total. The van der Waals surface area contributed by atoms with Crippen LogP contribution in [0.1, 0.15) is 65.2 Å². The van der Waals surface area contributed by atoms with Crippen molar-refractivity contribution in [2.75, 3.05) is 201 Å². The van der Waals surface area contributed by atoms with Gasteiger partial charge in [0.2, 0.25) is 0 Å². The van der Waals surface area contributed by atoms with Gasteiger partial charge in [0.15, 0.2) is 0 Å². The first-order chi connectivity index (χ1) is 31.3. The number of methoxy groups -OCH3 is 6. The van der Waals surface area contributed by atoms with Crippen LogP contribution in [0.25, 0.3) is 0 Å². The van der Waals surface area contributed by atoms with Gasteiger partial charge in [-0.3, -0.25) is 4.79 Å². The van der Waals surface area contributed by atoms with Crippen LogP contribution in [0.2, 0.25) is 11.1 Å². The van der Waals surface area contributed by atoms with Gasteiger partial charge < -0.3 is 83.4 Å². The van der Waals surface area contributed by atoms with Gasteiger partial charge in [-0.1, -0.05) is 26.7 Å². The minimum Gasteiger partial charge on any atom is -0.382 e. The molecule has 0 spiro atoms. The van der Waals surface area contributed by atoms with Crippen molar-refractivity contribution < 1.29 is 88.2 Å². The second-order valence-electron chi connectivity index (χ2n) is 14.8. The zero-order chi connectivity index (χ0) is 47.1. The Morgan fingerprint density at radius 3 is 0.719 bits per heavy atom. The van der Waals surface area contributed by atoms with E-state index in [1.807, 2.05) is 0 Å². The number of unbranched alkanes of at least 4 members (excludes halogenated alkanes) is 2. The van der Waals surface area contributed by atoms with Crippen molar-refractivity contribution in [2.45, 2.75) is 76.3 Å². The fourth-order valence-electron chi connectivity index (χ4n) is 6.05. The molecule has 21 heteroatoms. The summed E-state index contributed by atoms with van der Waals surface area (Å²) >= 11 is 0. The van der Waals surface area contributed by atoms with Gasteiger partial charge in [-0.15, -0.1) is 0 Å². The molecule has 0 aliphatic carbocycles. The molecule has 384 valence electrons. The molecule has 0 bridgehead atoms. The lowest BCUT2D eigenvalue weighted by Crippen LogP contribution is -2.51. The molecule has 0 aromatic heterocycles. The average molecular weight is 967 g/mol. The Morgan fingerprint density at radius 2 is 0.516 bits per heavy atom. The van der Waals surface area contributed by atoms with E-state index in [9.17, 15) is 4.79 Å². The summed E-state index contributed by atoms with van der Waals surface area (Å²) < 4.78 is 104. The van der Waals surface area contributed by atoms with Crippen molar-refractivity contribution in [1.29, 1.82) is 0 Å².